The Labute approximate surface area is 158 Å². The van der Waals surface area contributed by atoms with Gasteiger partial charge in [0.1, 0.15) is 11.6 Å². The van der Waals surface area contributed by atoms with Gasteiger partial charge in [-0.25, -0.2) is 9.18 Å². The Balaban J connectivity index is 1.90. The number of carbonyl (C=O) groups excluding carboxylic acids is 2. The van der Waals surface area contributed by atoms with Gasteiger partial charge in [0.25, 0.3) is 5.91 Å². The number of amides is 1. The average Bonchev–Trinajstić information content (AvgIpc) is 2.63. The summed E-state index contributed by atoms with van der Waals surface area (Å²) < 4.78 is 23.3. The Morgan fingerprint density at radius 1 is 1.07 bits per heavy atom. The molecule has 0 saturated heterocycles. The fourth-order valence-corrected chi connectivity index (χ4v) is 2.54. The minimum absolute atomic E-state index is 0.242. The largest absolute Gasteiger partial charge is 0.479 e. The monoisotopic (exact) mass is 373 g/mol. The van der Waals surface area contributed by atoms with Crippen LogP contribution < -0.4 is 10.1 Å². The number of benzene rings is 2. The first-order valence-corrected chi connectivity index (χ1v) is 8.76. The molecule has 0 saturated carbocycles. The van der Waals surface area contributed by atoms with E-state index >= 15 is 0 Å². The summed E-state index contributed by atoms with van der Waals surface area (Å²) in [4.78, 5) is 24.2. The number of esters is 1. The molecule has 0 radical (unpaired) electrons. The van der Waals surface area contributed by atoms with Crippen LogP contribution in [0.5, 0.6) is 5.75 Å². The van der Waals surface area contributed by atoms with E-state index in [-0.39, 0.29) is 5.92 Å². The summed E-state index contributed by atoms with van der Waals surface area (Å²) in [5.74, 6) is -0.915. The van der Waals surface area contributed by atoms with Gasteiger partial charge in [-0.1, -0.05) is 32.0 Å². The van der Waals surface area contributed by atoms with Crippen LogP contribution in [0, 0.1) is 12.7 Å². The lowest BCUT2D eigenvalue weighted by atomic mass is 9.98. The zero-order chi connectivity index (χ0) is 20.0. The van der Waals surface area contributed by atoms with Crippen LogP contribution in [-0.2, 0) is 14.3 Å². The van der Waals surface area contributed by atoms with Crippen LogP contribution in [0.4, 0.5) is 10.1 Å². The number of rotatable bonds is 7. The molecule has 1 atom stereocenters. The van der Waals surface area contributed by atoms with Gasteiger partial charge in [0.15, 0.2) is 12.7 Å². The second-order valence-electron chi connectivity index (χ2n) is 6.56. The van der Waals surface area contributed by atoms with Crippen LogP contribution in [0.1, 0.15) is 37.8 Å². The summed E-state index contributed by atoms with van der Waals surface area (Å²) in [5.41, 5.74) is 2.70. The van der Waals surface area contributed by atoms with E-state index < -0.39 is 30.4 Å². The third kappa shape index (κ3) is 5.81. The first-order chi connectivity index (χ1) is 12.8. The van der Waals surface area contributed by atoms with Crippen molar-refractivity contribution < 1.29 is 23.5 Å². The summed E-state index contributed by atoms with van der Waals surface area (Å²) in [6, 6.07) is 11.1. The van der Waals surface area contributed by atoms with E-state index in [1.54, 1.807) is 0 Å². The van der Waals surface area contributed by atoms with E-state index in [1.165, 1.54) is 31.2 Å². The number of carbonyl (C=O) groups is 2. The summed E-state index contributed by atoms with van der Waals surface area (Å²) >= 11 is 0. The lowest BCUT2D eigenvalue weighted by molar-refractivity contribution is -0.153. The van der Waals surface area contributed by atoms with Crippen LogP contribution in [0.2, 0.25) is 0 Å². The zero-order valence-corrected chi connectivity index (χ0v) is 15.9. The number of para-hydroxylation sites is 1. The van der Waals surface area contributed by atoms with E-state index in [9.17, 15) is 14.0 Å². The molecule has 0 spiro atoms. The molecular weight excluding hydrogens is 349 g/mol. The predicted octanol–water partition coefficient (Wildman–Crippen LogP) is 4.21. The zero-order valence-electron chi connectivity index (χ0n) is 15.9. The Hall–Kier alpha value is -2.89. The van der Waals surface area contributed by atoms with Gasteiger partial charge < -0.3 is 14.8 Å². The number of ether oxygens (including phenoxy) is 2. The predicted molar refractivity (Wildman–Crippen MR) is 101 cm³/mol. The fourth-order valence-electron chi connectivity index (χ4n) is 2.54. The molecule has 1 amide bonds. The maximum absolute atomic E-state index is 12.9. The minimum Gasteiger partial charge on any atom is -0.479 e. The van der Waals surface area contributed by atoms with Crippen LogP contribution in [0.25, 0.3) is 0 Å². The quantitative estimate of drug-likeness (QED) is 0.739. The molecule has 1 N–H and O–H groups in total. The highest BCUT2D eigenvalue weighted by atomic mass is 19.1. The second-order valence-corrected chi connectivity index (χ2v) is 6.56. The van der Waals surface area contributed by atoms with E-state index in [2.05, 4.69) is 5.32 Å². The molecule has 0 fully saturated rings. The average molecular weight is 373 g/mol. The number of hydrogen-bond acceptors (Lipinski definition) is 4. The summed E-state index contributed by atoms with van der Waals surface area (Å²) in [7, 11) is 0. The maximum Gasteiger partial charge on any atom is 0.347 e. The molecule has 6 heteroatoms. The van der Waals surface area contributed by atoms with Crippen molar-refractivity contribution in [2.45, 2.75) is 39.7 Å². The first-order valence-electron chi connectivity index (χ1n) is 8.76. The van der Waals surface area contributed by atoms with E-state index in [4.69, 9.17) is 9.47 Å². The van der Waals surface area contributed by atoms with Crippen LogP contribution in [-0.4, -0.2) is 24.6 Å². The molecule has 0 unspecified atom stereocenters. The van der Waals surface area contributed by atoms with Gasteiger partial charge in [0, 0.05) is 5.69 Å². The van der Waals surface area contributed by atoms with E-state index in [0.717, 1.165) is 16.8 Å². The summed E-state index contributed by atoms with van der Waals surface area (Å²) in [6.07, 6.45) is -0.923. The van der Waals surface area contributed by atoms with Crippen LogP contribution in [0.15, 0.2) is 42.5 Å². The Bertz CT molecular complexity index is 802. The molecule has 0 heterocycles. The van der Waals surface area contributed by atoms with Crippen molar-refractivity contribution in [2.75, 3.05) is 11.9 Å². The number of anilines is 1. The molecule has 2 rings (SSSR count). The fraction of sp³-hybridized carbons (Fsp3) is 0.333. The lowest BCUT2D eigenvalue weighted by Gasteiger charge is -2.17. The third-order valence-electron chi connectivity index (χ3n) is 4.00. The van der Waals surface area contributed by atoms with Gasteiger partial charge in [-0.2, -0.15) is 0 Å². The van der Waals surface area contributed by atoms with Crippen molar-refractivity contribution in [3.63, 3.8) is 0 Å². The van der Waals surface area contributed by atoms with Crippen molar-refractivity contribution in [1.82, 2.24) is 0 Å². The molecule has 5 nitrogen and oxygen atoms in total. The van der Waals surface area contributed by atoms with Crippen molar-refractivity contribution in [1.29, 1.82) is 0 Å². The molecule has 27 heavy (non-hydrogen) atoms. The van der Waals surface area contributed by atoms with Gasteiger partial charge in [-0.3, -0.25) is 4.79 Å². The molecule has 0 aliphatic heterocycles. The van der Waals surface area contributed by atoms with Crippen molar-refractivity contribution in [3.8, 4) is 5.75 Å². The van der Waals surface area contributed by atoms with Gasteiger partial charge in [-0.15, -0.1) is 0 Å². The second kappa shape index (κ2) is 9.16. The Kier molecular flexibility index (Phi) is 6.93. The highest BCUT2D eigenvalue weighted by Gasteiger charge is 2.19. The molecule has 0 aromatic heterocycles. The highest BCUT2D eigenvalue weighted by molar-refractivity contribution is 5.94. The molecule has 0 aliphatic rings. The SMILES string of the molecule is Cc1cccc(C(C)C)c1NC(=O)COC(=O)[C@H](C)Oc1ccc(F)cc1. The molecule has 144 valence electrons. The van der Waals surface area contributed by atoms with E-state index in [0.29, 0.717) is 5.75 Å². The number of aryl methyl sites for hydroxylation is 1. The molecular formula is C21H24FNO4. The molecule has 2 aromatic rings. The summed E-state index contributed by atoms with van der Waals surface area (Å²) in [5, 5.41) is 2.81. The van der Waals surface area contributed by atoms with E-state index in [1.807, 2.05) is 39.0 Å². The first kappa shape index (κ1) is 20.4. The Morgan fingerprint density at radius 2 is 1.74 bits per heavy atom. The van der Waals surface area contributed by atoms with Crippen LogP contribution >= 0.6 is 0 Å². The van der Waals surface area contributed by atoms with Gasteiger partial charge in [0.05, 0.1) is 0 Å². The normalized spacial score (nSPS) is 11.8. The third-order valence-corrected chi connectivity index (χ3v) is 4.00. The molecule has 0 aliphatic carbocycles. The number of nitrogens with one attached hydrogen (secondary N) is 1. The molecule has 2 aromatic carbocycles. The van der Waals surface area contributed by atoms with Crippen molar-refractivity contribution >= 4 is 17.6 Å². The highest BCUT2D eigenvalue weighted by Crippen LogP contribution is 2.27. The topological polar surface area (TPSA) is 64.6 Å². The van der Waals surface area contributed by atoms with Crippen molar-refractivity contribution in [2.24, 2.45) is 0 Å². The minimum atomic E-state index is -0.923. The lowest BCUT2D eigenvalue weighted by Crippen LogP contribution is -2.30. The standard InChI is InChI=1S/C21H24FNO4/c1-13(2)18-7-5-6-14(3)20(18)23-19(24)12-26-21(25)15(4)27-17-10-8-16(22)9-11-17/h5-11,13,15H,12H2,1-4H3,(H,23,24)/t15-/m0/s1. The van der Waals surface area contributed by atoms with Gasteiger partial charge >= 0.3 is 5.97 Å². The smallest absolute Gasteiger partial charge is 0.347 e. The number of hydrogen-bond donors (Lipinski definition) is 1. The van der Waals surface area contributed by atoms with Crippen molar-refractivity contribution in [3.05, 3.63) is 59.4 Å². The summed E-state index contributed by atoms with van der Waals surface area (Å²) in [6.45, 7) is 7.08. The van der Waals surface area contributed by atoms with Gasteiger partial charge in [-0.05, 0) is 55.2 Å². The molecule has 0 bridgehead atoms. The van der Waals surface area contributed by atoms with Crippen LogP contribution in [0.3, 0.4) is 0 Å². The Morgan fingerprint density at radius 3 is 2.37 bits per heavy atom. The maximum atomic E-state index is 12.9. The van der Waals surface area contributed by atoms with Gasteiger partial charge in [0.2, 0.25) is 0 Å². The number of halogens is 1.